The van der Waals surface area contributed by atoms with Crippen LogP contribution < -0.4 is 4.18 Å². The highest BCUT2D eigenvalue weighted by Crippen LogP contribution is 2.34. The van der Waals surface area contributed by atoms with Gasteiger partial charge in [-0.15, -0.1) is 0 Å². The molecule has 0 bridgehead atoms. The minimum absolute atomic E-state index is 0.148. The molecule has 25 heavy (non-hydrogen) atoms. The van der Waals surface area contributed by atoms with Gasteiger partial charge in [0.25, 0.3) is 0 Å². The molecule has 0 aliphatic rings. The van der Waals surface area contributed by atoms with Crippen molar-refractivity contribution in [2.24, 2.45) is 0 Å². The van der Waals surface area contributed by atoms with Crippen LogP contribution in [0.5, 0.6) is 5.75 Å². The van der Waals surface area contributed by atoms with E-state index < -0.39 is 10.1 Å². The van der Waals surface area contributed by atoms with Crippen LogP contribution >= 0.6 is 0 Å². The Morgan fingerprint density at radius 1 is 0.720 bits per heavy atom. The van der Waals surface area contributed by atoms with Gasteiger partial charge in [-0.2, -0.15) is 8.42 Å². The van der Waals surface area contributed by atoms with Crippen molar-refractivity contribution in [2.75, 3.05) is 0 Å². The highest BCUT2D eigenvalue weighted by Gasteiger charge is 2.18. The Bertz CT molecular complexity index is 1180. The van der Waals surface area contributed by atoms with Crippen molar-refractivity contribution in [3.8, 4) is 5.75 Å². The van der Waals surface area contributed by atoms with Crippen LogP contribution in [0.15, 0.2) is 83.8 Å². The Morgan fingerprint density at radius 3 is 2.04 bits per heavy atom. The van der Waals surface area contributed by atoms with E-state index in [4.69, 9.17) is 4.18 Å². The average molecular weight is 348 g/mol. The molecule has 0 saturated carbocycles. The summed E-state index contributed by atoms with van der Waals surface area (Å²) in [6, 6.07) is 24.0. The van der Waals surface area contributed by atoms with Crippen LogP contribution in [0.2, 0.25) is 0 Å². The monoisotopic (exact) mass is 348 g/mol. The summed E-state index contributed by atoms with van der Waals surface area (Å²) >= 11 is 0. The molecule has 4 heteroatoms. The lowest BCUT2D eigenvalue weighted by Gasteiger charge is -2.12. The first-order chi connectivity index (χ1) is 12.0. The van der Waals surface area contributed by atoms with Crippen molar-refractivity contribution >= 4 is 31.7 Å². The van der Waals surface area contributed by atoms with E-state index in [0.29, 0.717) is 5.75 Å². The fourth-order valence-electron chi connectivity index (χ4n) is 2.96. The minimum Gasteiger partial charge on any atom is -0.378 e. The molecule has 4 aromatic carbocycles. The zero-order valence-corrected chi connectivity index (χ0v) is 14.5. The van der Waals surface area contributed by atoms with Gasteiger partial charge in [0, 0.05) is 5.39 Å². The summed E-state index contributed by atoms with van der Waals surface area (Å²) in [6.07, 6.45) is 0. The predicted octanol–water partition coefficient (Wildman–Crippen LogP) is 5.07. The first-order valence-corrected chi connectivity index (χ1v) is 9.37. The van der Waals surface area contributed by atoms with Gasteiger partial charge in [0.1, 0.15) is 4.90 Å². The summed E-state index contributed by atoms with van der Waals surface area (Å²) < 4.78 is 30.9. The maximum Gasteiger partial charge on any atom is 0.339 e. The van der Waals surface area contributed by atoms with Crippen LogP contribution in [0.25, 0.3) is 21.5 Å². The van der Waals surface area contributed by atoms with Crippen molar-refractivity contribution in [2.45, 2.75) is 11.8 Å². The van der Waals surface area contributed by atoms with Gasteiger partial charge in [0.05, 0.1) is 0 Å². The summed E-state index contributed by atoms with van der Waals surface area (Å²) in [5.74, 6) is 0.342. The minimum atomic E-state index is -3.89. The number of rotatable bonds is 3. The van der Waals surface area contributed by atoms with Gasteiger partial charge in [-0.1, -0.05) is 66.2 Å². The van der Waals surface area contributed by atoms with Gasteiger partial charge in [-0.25, -0.2) is 0 Å². The third-order valence-corrected chi connectivity index (χ3v) is 5.49. The van der Waals surface area contributed by atoms with E-state index in [1.54, 1.807) is 30.3 Å². The largest absolute Gasteiger partial charge is 0.378 e. The highest BCUT2D eigenvalue weighted by molar-refractivity contribution is 7.87. The van der Waals surface area contributed by atoms with E-state index in [2.05, 4.69) is 0 Å². The van der Waals surface area contributed by atoms with E-state index in [1.807, 2.05) is 55.5 Å². The van der Waals surface area contributed by atoms with Crippen LogP contribution in [0.1, 0.15) is 5.56 Å². The van der Waals surface area contributed by atoms with Gasteiger partial charge in [-0.05, 0) is 41.3 Å². The fraction of sp³-hybridized carbons (Fsp3) is 0.0476. The lowest BCUT2D eigenvalue weighted by atomic mass is 10.0. The molecule has 0 amide bonds. The molecule has 0 unspecified atom stereocenters. The van der Waals surface area contributed by atoms with E-state index in [0.717, 1.165) is 27.1 Å². The normalized spacial score (nSPS) is 11.7. The summed E-state index contributed by atoms with van der Waals surface area (Å²) in [4.78, 5) is 0.148. The lowest BCUT2D eigenvalue weighted by Crippen LogP contribution is -2.10. The average Bonchev–Trinajstić information content (AvgIpc) is 2.62. The van der Waals surface area contributed by atoms with Gasteiger partial charge < -0.3 is 4.18 Å². The molecule has 0 spiro atoms. The molecular weight excluding hydrogens is 332 g/mol. The number of fused-ring (bicyclic) bond motifs is 3. The van der Waals surface area contributed by atoms with Gasteiger partial charge >= 0.3 is 10.1 Å². The second-order valence-corrected chi connectivity index (χ2v) is 7.54. The first kappa shape index (κ1) is 15.7. The van der Waals surface area contributed by atoms with Crippen LogP contribution in [0.4, 0.5) is 0 Å². The summed E-state index contributed by atoms with van der Waals surface area (Å²) in [7, 11) is -3.89. The summed E-state index contributed by atoms with van der Waals surface area (Å²) in [6.45, 7) is 1.91. The van der Waals surface area contributed by atoms with Crippen LogP contribution in [0, 0.1) is 6.92 Å². The fourth-order valence-corrected chi connectivity index (χ4v) is 3.90. The Labute approximate surface area is 146 Å². The topological polar surface area (TPSA) is 43.4 Å². The Morgan fingerprint density at radius 2 is 1.32 bits per heavy atom. The number of benzene rings is 4. The molecule has 0 aromatic heterocycles. The molecule has 3 nitrogen and oxygen atoms in total. The smallest absolute Gasteiger partial charge is 0.339 e. The van der Waals surface area contributed by atoms with E-state index in [9.17, 15) is 8.42 Å². The summed E-state index contributed by atoms with van der Waals surface area (Å²) in [5.41, 5.74) is 0.995. The molecule has 0 aliphatic heterocycles. The van der Waals surface area contributed by atoms with Gasteiger partial charge in [0.2, 0.25) is 0 Å². The zero-order chi connectivity index (χ0) is 17.4. The maximum absolute atomic E-state index is 12.7. The van der Waals surface area contributed by atoms with E-state index in [-0.39, 0.29) is 4.90 Å². The molecule has 0 heterocycles. The number of hydrogen-bond acceptors (Lipinski definition) is 3. The third kappa shape index (κ3) is 2.85. The van der Waals surface area contributed by atoms with Gasteiger partial charge in [0.15, 0.2) is 5.75 Å². The van der Waals surface area contributed by atoms with Crippen LogP contribution in [-0.4, -0.2) is 8.42 Å². The molecule has 0 fully saturated rings. The maximum atomic E-state index is 12.7. The van der Waals surface area contributed by atoms with E-state index >= 15 is 0 Å². The Balaban J connectivity index is 1.89. The Hall–Kier alpha value is -2.85. The number of hydrogen-bond donors (Lipinski definition) is 0. The Kier molecular flexibility index (Phi) is 3.70. The van der Waals surface area contributed by atoms with Crippen molar-refractivity contribution in [1.82, 2.24) is 0 Å². The standard InChI is InChI=1S/C21H16O3S/c1-15-10-12-17(13-11-15)25(22,23)24-21-14-16-6-2-3-7-18(16)19-8-4-5-9-20(19)21/h2-14H,1H3. The SMILES string of the molecule is Cc1ccc(S(=O)(=O)Oc2cc3ccccc3c3ccccc23)cc1. The molecule has 0 aliphatic carbocycles. The van der Waals surface area contributed by atoms with Crippen molar-refractivity contribution < 1.29 is 12.6 Å². The second-order valence-electron chi connectivity index (χ2n) is 5.99. The lowest BCUT2D eigenvalue weighted by molar-refractivity contribution is 0.489. The van der Waals surface area contributed by atoms with E-state index in [1.165, 1.54) is 0 Å². The van der Waals surface area contributed by atoms with Crippen LogP contribution in [0.3, 0.4) is 0 Å². The first-order valence-electron chi connectivity index (χ1n) is 7.96. The molecule has 0 N–H and O–H groups in total. The predicted molar refractivity (Wildman–Crippen MR) is 100 cm³/mol. The van der Waals surface area contributed by atoms with Crippen molar-refractivity contribution in [1.29, 1.82) is 0 Å². The molecule has 0 atom stereocenters. The van der Waals surface area contributed by atoms with Gasteiger partial charge in [-0.3, -0.25) is 0 Å². The molecule has 4 rings (SSSR count). The van der Waals surface area contributed by atoms with Crippen molar-refractivity contribution in [3.63, 3.8) is 0 Å². The third-order valence-electron chi connectivity index (χ3n) is 4.24. The number of aryl methyl sites for hydroxylation is 1. The highest BCUT2D eigenvalue weighted by atomic mass is 32.2. The van der Waals surface area contributed by atoms with Crippen LogP contribution in [-0.2, 0) is 10.1 Å². The summed E-state index contributed by atoms with van der Waals surface area (Å²) in [5, 5.41) is 3.75. The quantitative estimate of drug-likeness (QED) is 0.383. The second kappa shape index (κ2) is 5.90. The molecule has 0 radical (unpaired) electrons. The zero-order valence-electron chi connectivity index (χ0n) is 13.6. The molecular formula is C21H16O3S. The molecule has 124 valence electrons. The molecule has 0 saturated heterocycles. The molecule has 4 aromatic rings. The van der Waals surface area contributed by atoms with Crippen molar-refractivity contribution in [3.05, 3.63) is 84.4 Å².